The lowest BCUT2D eigenvalue weighted by Crippen LogP contribution is -2.30. The van der Waals surface area contributed by atoms with Gasteiger partial charge in [0.2, 0.25) is 0 Å². The van der Waals surface area contributed by atoms with Crippen LogP contribution in [0.5, 0.6) is 5.75 Å². The molecule has 2 fully saturated rings. The van der Waals surface area contributed by atoms with Gasteiger partial charge >= 0.3 is 0 Å². The summed E-state index contributed by atoms with van der Waals surface area (Å²) in [6.07, 6.45) is 6.65. The van der Waals surface area contributed by atoms with Crippen molar-refractivity contribution in [2.45, 2.75) is 72.4 Å². The van der Waals surface area contributed by atoms with E-state index in [4.69, 9.17) is 4.74 Å². The maximum Gasteiger partial charge on any atom is 0.127 e. The molecule has 4 rings (SSSR count). The van der Waals surface area contributed by atoms with E-state index in [1.165, 1.54) is 61.5 Å². The van der Waals surface area contributed by atoms with Crippen LogP contribution in [0.25, 0.3) is 10.8 Å². The number of hydrogen-bond donors (Lipinski definition) is 0. The molecule has 1 unspecified atom stereocenters. The van der Waals surface area contributed by atoms with Gasteiger partial charge in [-0.1, -0.05) is 52.0 Å². The number of fused-ring (bicyclic) bond motifs is 1. The molecule has 0 N–H and O–H groups in total. The fraction of sp³-hybridized carbons (Fsp3) is 0.615. The molecule has 2 heteroatoms. The van der Waals surface area contributed by atoms with E-state index in [1.54, 1.807) is 0 Å². The highest BCUT2D eigenvalue weighted by Gasteiger charge is 2.30. The van der Waals surface area contributed by atoms with E-state index in [2.05, 4.69) is 69.0 Å². The summed E-state index contributed by atoms with van der Waals surface area (Å²) >= 11 is 0. The molecular weight excluding hydrogens is 342 g/mol. The Balaban J connectivity index is 1.43. The molecule has 2 nitrogen and oxygen atoms in total. The van der Waals surface area contributed by atoms with Crippen molar-refractivity contribution in [1.29, 1.82) is 0 Å². The second-order valence-electron chi connectivity index (χ2n) is 10.4. The van der Waals surface area contributed by atoms with Crippen LogP contribution in [0.1, 0.15) is 65.4 Å². The first-order valence-corrected chi connectivity index (χ1v) is 11.3. The maximum absolute atomic E-state index is 6.51. The summed E-state index contributed by atoms with van der Waals surface area (Å²) in [7, 11) is 0. The van der Waals surface area contributed by atoms with E-state index in [1.807, 2.05) is 0 Å². The summed E-state index contributed by atoms with van der Waals surface area (Å²) in [4.78, 5) is 2.58. The molecule has 1 atom stereocenters. The number of likely N-dealkylation sites (tertiary alicyclic amines) is 1. The largest absolute Gasteiger partial charge is 0.490 e. The van der Waals surface area contributed by atoms with Gasteiger partial charge in [-0.05, 0) is 79.0 Å². The third-order valence-electron chi connectivity index (χ3n) is 7.01. The zero-order valence-electron chi connectivity index (χ0n) is 18.2. The zero-order valence-corrected chi connectivity index (χ0v) is 18.2. The molecule has 152 valence electrons. The summed E-state index contributed by atoms with van der Waals surface area (Å²) < 4.78 is 6.51. The Labute approximate surface area is 171 Å². The molecule has 1 saturated heterocycles. The van der Waals surface area contributed by atoms with Gasteiger partial charge < -0.3 is 4.74 Å². The first kappa shape index (κ1) is 19.8. The van der Waals surface area contributed by atoms with Crippen LogP contribution in [0.2, 0.25) is 0 Å². The van der Waals surface area contributed by atoms with Crippen molar-refractivity contribution in [2.75, 3.05) is 13.1 Å². The number of hydrogen-bond acceptors (Lipinski definition) is 2. The maximum atomic E-state index is 6.51. The standard InChI is InChI=1S/C26H37NO/c1-19-14-15-27(17-19)18-20-8-13-24-21(16-20)6-5-7-25(24)28-23-11-9-22(10-12-23)26(2,3)4/h5-8,13,16,19,22-23H,9-12,14-15,17-18H2,1-4H3/t19?,22-,23-. The van der Waals surface area contributed by atoms with E-state index in [9.17, 15) is 0 Å². The van der Waals surface area contributed by atoms with Gasteiger partial charge in [0.15, 0.2) is 0 Å². The van der Waals surface area contributed by atoms with Crippen LogP contribution in [0.3, 0.4) is 0 Å². The Morgan fingerprint density at radius 1 is 1.00 bits per heavy atom. The van der Waals surface area contributed by atoms with Gasteiger partial charge in [0.1, 0.15) is 5.75 Å². The first-order valence-electron chi connectivity index (χ1n) is 11.3. The van der Waals surface area contributed by atoms with Crippen LogP contribution in [0.15, 0.2) is 36.4 Å². The molecule has 0 aromatic heterocycles. The van der Waals surface area contributed by atoms with E-state index in [0.29, 0.717) is 11.5 Å². The first-order chi connectivity index (χ1) is 13.4. The molecular formula is C26H37NO. The predicted molar refractivity (Wildman–Crippen MR) is 119 cm³/mol. The Morgan fingerprint density at radius 2 is 1.79 bits per heavy atom. The monoisotopic (exact) mass is 379 g/mol. The van der Waals surface area contributed by atoms with Crippen LogP contribution in [-0.4, -0.2) is 24.1 Å². The lowest BCUT2D eigenvalue weighted by atomic mass is 9.72. The molecule has 0 radical (unpaired) electrons. The minimum atomic E-state index is 0.370. The lowest BCUT2D eigenvalue weighted by Gasteiger charge is -2.37. The van der Waals surface area contributed by atoms with Crippen molar-refractivity contribution >= 4 is 10.8 Å². The Morgan fingerprint density at radius 3 is 2.46 bits per heavy atom. The normalized spacial score (nSPS) is 26.6. The van der Waals surface area contributed by atoms with E-state index < -0.39 is 0 Å². The van der Waals surface area contributed by atoms with Gasteiger partial charge in [0.05, 0.1) is 6.10 Å². The van der Waals surface area contributed by atoms with Gasteiger partial charge in [0.25, 0.3) is 0 Å². The van der Waals surface area contributed by atoms with Crippen LogP contribution in [0, 0.1) is 17.3 Å². The van der Waals surface area contributed by atoms with Gasteiger partial charge in [-0.2, -0.15) is 0 Å². The molecule has 0 spiro atoms. The molecule has 2 aromatic carbocycles. The van der Waals surface area contributed by atoms with Crippen molar-refractivity contribution in [1.82, 2.24) is 4.90 Å². The predicted octanol–water partition coefficient (Wildman–Crippen LogP) is 6.67. The lowest BCUT2D eigenvalue weighted by molar-refractivity contribution is 0.0892. The smallest absolute Gasteiger partial charge is 0.127 e. The molecule has 1 aliphatic carbocycles. The van der Waals surface area contributed by atoms with Crippen molar-refractivity contribution < 1.29 is 4.74 Å². The van der Waals surface area contributed by atoms with Crippen LogP contribution in [0.4, 0.5) is 0 Å². The Bertz CT molecular complexity index is 798. The van der Waals surface area contributed by atoms with E-state index in [0.717, 1.165) is 24.1 Å². The summed E-state index contributed by atoms with van der Waals surface area (Å²) in [5.74, 6) is 2.74. The van der Waals surface area contributed by atoms with Crippen molar-refractivity contribution in [3.8, 4) is 5.75 Å². The molecule has 1 saturated carbocycles. The molecule has 2 aliphatic rings. The highest BCUT2D eigenvalue weighted by molar-refractivity contribution is 5.88. The molecule has 1 heterocycles. The van der Waals surface area contributed by atoms with Crippen LogP contribution < -0.4 is 4.74 Å². The van der Waals surface area contributed by atoms with Crippen molar-refractivity contribution in [3.63, 3.8) is 0 Å². The number of benzene rings is 2. The second-order valence-corrected chi connectivity index (χ2v) is 10.4. The quantitative estimate of drug-likeness (QED) is 0.588. The average Bonchev–Trinajstić information content (AvgIpc) is 3.06. The summed E-state index contributed by atoms with van der Waals surface area (Å²) in [6.45, 7) is 13.0. The van der Waals surface area contributed by atoms with Crippen molar-refractivity contribution in [3.05, 3.63) is 42.0 Å². The number of ether oxygens (including phenoxy) is 1. The summed E-state index contributed by atoms with van der Waals surface area (Å²) in [6, 6.07) is 13.5. The topological polar surface area (TPSA) is 12.5 Å². The summed E-state index contributed by atoms with van der Waals surface area (Å²) in [5, 5.41) is 2.57. The molecule has 0 bridgehead atoms. The van der Waals surface area contributed by atoms with Crippen LogP contribution >= 0.6 is 0 Å². The molecule has 2 aromatic rings. The van der Waals surface area contributed by atoms with E-state index >= 15 is 0 Å². The van der Waals surface area contributed by atoms with Gasteiger partial charge in [-0.15, -0.1) is 0 Å². The highest BCUT2D eigenvalue weighted by atomic mass is 16.5. The van der Waals surface area contributed by atoms with Gasteiger partial charge in [0, 0.05) is 18.5 Å². The SMILES string of the molecule is CC1CCN(Cc2ccc3c(O[C@H]4CC[C@H](C(C)(C)C)CC4)cccc3c2)C1. The minimum absolute atomic E-state index is 0.370. The van der Waals surface area contributed by atoms with E-state index in [-0.39, 0.29) is 0 Å². The van der Waals surface area contributed by atoms with Crippen LogP contribution in [-0.2, 0) is 6.54 Å². The average molecular weight is 380 g/mol. The molecule has 1 aliphatic heterocycles. The molecule has 0 amide bonds. The third kappa shape index (κ3) is 4.54. The van der Waals surface area contributed by atoms with Crippen molar-refractivity contribution in [2.24, 2.45) is 17.3 Å². The Kier molecular flexibility index (Phi) is 5.69. The molecule has 28 heavy (non-hydrogen) atoms. The van der Waals surface area contributed by atoms with Gasteiger partial charge in [-0.3, -0.25) is 4.90 Å². The van der Waals surface area contributed by atoms with Gasteiger partial charge in [-0.25, -0.2) is 0 Å². The third-order valence-corrected chi connectivity index (χ3v) is 7.01. The number of nitrogens with zero attached hydrogens (tertiary/aromatic N) is 1. The fourth-order valence-electron chi connectivity index (χ4n) is 5.16. The Hall–Kier alpha value is -1.54. The summed E-state index contributed by atoms with van der Waals surface area (Å²) in [5.41, 5.74) is 1.85. The highest BCUT2D eigenvalue weighted by Crippen LogP contribution is 2.39. The fourth-order valence-corrected chi connectivity index (χ4v) is 5.16. The zero-order chi connectivity index (χ0) is 19.7. The second kappa shape index (κ2) is 8.06. The minimum Gasteiger partial charge on any atom is -0.490 e. The number of rotatable bonds is 4.